The van der Waals surface area contributed by atoms with Gasteiger partial charge in [-0.25, -0.2) is 0 Å². The third-order valence-corrected chi connectivity index (χ3v) is 18.0. The van der Waals surface area contributed by atoms with Gasteiger partial charge in [0.15, 0.2) is 0 Å². The van der Waals surface area contributed by atoms with Gasteiger partial charge in [-0.3, -0.25) is 0 Å². The number of hydrogen-bond donors (Lipinski definition) is 0. The third-order valence-electron chi connectivity index (χ3n) is 8.96. The minimum Gasteiger partial charge on any atom is -0.0671 e. The van der Waals surface area contributed by atoms with E-state index in [0.29, 0.717) is 0 Å². The van der Waals surface area contributed by atoms with E-state index in [1.807, 2.05) is 5.03 Å². The molecule has 2 aliphatic rings. The minimum atomic E-state index is -2.13. The fourth-order valence-electron chi connectivity index (χ4n) is 7.23. The van der Waals surface area contributed by atoms with Gasteiger partial charge in [-0.05, 0) is 70.4 Å². The molecule has 0 bridgehead atoms. The van der Waals surface area contributed by atoms with Crippen LogP contribution >= 0.6 is 14.8 Å². The summed E-state index contributed by atoms with van der Waals surface area (Å²) in [6, 6.07) is 46.7. The summed E-state index contributed by atoms with van der Waals surface area (Å²) >= 11 is 0. The van der Waals surface area contributed by atoms with Gasteiger partial charge in [-0.2, -0.15) is 0 Å². The lowest BCUT2D eigenvalue weighted by Crippen LogP contribution is -2.34. The van der Waals surface area contributed by atoms with Crippen LogP contribution in [0.15, 0.2) is 121 Å². The first-order valence-electron chi connectivity index (χ1n) is 15.2. The van der Waals surface area contributed by atoms with Gasteiger partial charge in [0, 0.05) is 0 Å². The Morgan fingerprint density at radius 2 is 0.769 bits per heavy atom. The Morgan fingerprint density at radius 1 is 0.436 bits per heavy atom. The van der Waals surface area contributed by atoms with E-state index in [-0.39, 0.29) is 7.92 Å². The maximum atomic E-state index is 2.46. The van der Waals surface area contributed by atoms with Gasteiger partial charge in [0.1, 0.15) is 0 Å². The van der Waals surface area contributed by atoms with Gasteiger partial charge in [-0.1, -0.05) is 168 Å². The van der Waals surface area contributed by atoms with Crippen molar-refractivity contribution in [3.63, 3.8) is 0 Å². The SMILES string of the molecule is c1ccc(C(P(C2CCCCC2)C2CCCCC2)=P(c2ccccc2)(c2ccccc2)c2ccccc2)cc1. The van der Waals surface area contributed by atoms with Gasteiger partial charge in [0.05, 0.1) is 0 Å². The first-order valence-corrected chi connectivity index (χ1v) is 18.4. The minimum absolute atomic E-state index is 0.329. The van der Waals surface area contributed by atoms with Crippen molar-refractivity contribution in [1.82, 2.24) is 0 Å². The molecule has 6 rings (SSSR count). The van der Waals surface area contributed by atoms with Crippen molar-refractivity contribution in [1.29, 1.82) is 0 Å². The van der Waals surface area contributed by atoms with Gasteiger partial charge in [0.2, 0.25) is 0 Å². The number of benzene rings is 4. The van der Waals surface area contributed by atoms with E-state index in [4.69, 9.17) is 0 Å². The third kappa shape index (κ3) is 5.49. The van der Waals surface area contributed by atoms with Crippen LogP contribution in [0, 0.1) is 0 Å². The van der Waals surface area contributed by atoms with Crippen molar-refractivity contribution < 1.29 is 0 Å². The summed E-state index contributed by atoms with van der Waals surface area (Å²) < 4.78 is 0. The Labute approximate surface area is 237 Å². The van der Waals surface area contributed by atoms with Crippen LogP contribution in [-0.4, -0.2) is 16.4 Å². The molecule has 39 heavy (non-hydrogen) atoms. The Kier molecular flexibility index (Phi) is 8.84. The van der Waals surface area contributed by atoms with Crippen LogP contribution < -0.4 is 15.9 Å². The lowest BCUT2D eigenvalue weighted by Gasteiger charge is -2.45. The average molecular weight is 549 g/mol. The second-order valence-electron chi connectivity index (χ2n) is 11.4. The molecule has 2 fully saturated rings. The Morgan fingerprint density at radius 3 is 1.13 bits per heavy atom. The summed E-state index contributed by atoms with van der Waals surface area (Å²) in [6.45, 7) is -2.13. The van der Waals surface area contributed by atoms with Crippen LogP contribution in [0.3, 0.4) is 0 Å². The van der Waals surface area contributed by atoms with Crippen LogP contribution in [0.2, 0.25) is 0 Å². The zero-order valence-corrected chi connectivity index (χ0v) is 25.0. The van der Waals surface area contributed by atoms with Crippen LogP contribution in [0.5, 0.6) is 0 Å². The smallest absolute Gasteiger partial charge is 0.00625 e. The topological polar surface area (TPSA) is 0 Å². The number of rotatable bonds is 7. The molecule has 4 aromatic carbocycles. The number of hydrogen-bond acceptors (Lipinski definition) is 0. The molecule has 2 saturated carbocycles. The second-order valence-corrected chi connectivity index (χ2v) is 17.8. The van der Waals surface area contributed by atoms with Crippen molar-refractivity contribution in [3.8, 4) is 0 Å². The molecule has 4 aromatic rings. The van der Waals surface area contributed by atoms with Gasteiger partial charge in [-0.15, -0.1) is 0 Å². The fraction of sp³-hybridized carbons (Fsp3) is 0.324. The highest BCUT2D eigenvalue weighted by Gasteiger charge is 2.40. The summed E-state index contributed by atoms with van der Waals surface area (Å²) in [7, 11) is -0.329. The molecule has 200 valence electrons. The van der Waals surface area contributed by atoms with Crippen LogP contribution in [0.4, 0.5) is 0 Å². The maximum absolute atomic E-state index is 2.46. The van der Waals surface area contributed by atoms with Gasteiger partial charge < -0.3 is 0 Å². The molecule has 0 saturated heterocycles. The van der Waals surface area contributed by atoms with Gasteiger partial charge in [0.25, 0.3) is 0 Å². The quantitative estimate of drug-likeness (QED) is 0.202. The fourth-order valence-corrected chi connectivity index (χ4v) is 18.2. The molecule has 0 aromatic heterocycles. The molecule has 0 atom stereocenters. The highest BCUT2D eigenvalue weighted by Crippen LogP contribution is 2.65. The predicted octanol–water partition coefficient (Wildman–Crippen LogP) is 9.31. The molecule has 0 amide bonds. The van der Waals surface area contributed by atoms with E-state index < -0.39 is 6.89 Å². The van der Waals surface area contributed by atoms with E-state index >= 15 is 0 Å². The molecule has 0 spiro atoms. The highest BCUT2D eigenvalue weighted by molar-refractivity contribution is 8.07. The maximum Gasteiger partial charge on any atom is -0.00625 e. The molecule has 0 N–H and O–H groups in total. The zero-order valence-electron chi connectivity index (χ0n) is 23.2. The molecule has 2 heteroatoms. The standard InChI is InChI=1S/C37H42P2/c1-7-19-31(20-8-1)37(38(32-21-9-2-10-22-32)33-23-11-3-12-24-33)39(34-25-13-4-14-26-34,35-27-15-5-16-28-35)36-29-17-6-18-30-36/h1,4-8,13-20,25-30,32-33H,2-3,9-12,21-24H2. The highest BCUT2D eigenvalue weighted by atomic mass is 31.2. The molecule has 0 radical (unpaired) electrons. The van der Waals surface area contributed by atoms with Crippen molar-refractivity contribution >= 4 is 35.8 Å². The summed E-state index contributed by atoms with van der Waals surface area (Å²) in [5, 5.41) is 6.36. The van der Waals surface area contributed by atoms with E-state index in [2.05, 4.69) is 121 Å². The molecular formula is C37H42P2. The van der Waals surface area contributed by atoms with Crippen molar-refractivity contribution in [2.24, 2.45) is 0 Å². The van der Waals surface area contributed by atoms with E-state index in [0.717, 1.165) is 11.3 Å². The Bertz CT molecular complexity index is 1230. The van der Waals surface area contributed by atoms with Crippen LogP contribution in [0.25, 0.3) is 0 Å². The lowest BCUT2D eigenvalue weighted by atomic mass is 9.99. The molecule has 0 heterocycles. The first kappa shape index (κ1) is 26.8. The second kappa shape index (κ2) is 12.9. The normalized spacial score (nSPS) is 17.3. The average Bonchev–Trinajstić information content (AvgIpc) is 3.04. The van der Waals surface area contributed by atoms with E-state index in [9.17, 15) is 0 Å². The summed E-state index contributed by atoms with van der Waals surface area (Å²) in [4.78, 5) is 0. The summed E-state index contributed by atoms with van der Waals surface area (Å²) in [6.07, 6.45) is 14.1. The zero-order chi connectivity index (χ0) is 26.3. The molecular weight excluding hydrogens is 506 g/mol. The van der Waals surface area contributed by atoms with E-state index in [1.54, 1.807) is 0 Å². The van der Waals surface area contributed by atoms with Crippen LogP contribution in [-0.2, 0) is 0 Å². The summed E-state index contributed by atoms with van der Waals surface area (Å²) in [5.74, 6) is 0. The predicted molar refractivity (Wildman–Crippen MR) is 176 cm³/mol. The van der Waals surface area contributed by atoms with Crippen molar-refractivity contribution in [2.45, 2.75) is 75.5 Å². The largest absolute Gasteiger partial charge is 0.0671 e. The van der Waals surface area contributed by atoms with Crippen molar-refractivity contribution in [2.75, 3.05) is 0 Å². The lowest BCUT2D eigenvalue weighted by molar-refractivity contribution is 0.487. The molecule has 2 aliphatic carbocycles. The Hall–Kier alpha value is -2.39. The van der Waals surface area contributed by atoms with Crippen LogP contribution in [0.1, 0.15) is 69.8 Å². The molecule has 0 nitrogen and oxygen atoms in total. The monoisotopic (exact) mass is 548 g/mol. The molecule has 0 unspecified atom stereocenters. The van der Waals surface area contributed by atoms with Crippen molar-refractivity contribution in [3.05, 3.63) is 127 Å². The van der Waals surface area contributed by atoms with E-state index in [1.165, 1.54) is 85.7 Å². The summed E-state index contributed by atoms with van der Waals surface area (Å²) in [5.41, 5.74) is 3.18. The molecule has 0 aliphatic heterocycles. The van der Waals surface area contributed by atoms with Gasteiger partial charge >= 0.3 is 0 Å². The first-order chi connectivity index (χ1) is 19.4. The Balaban J connectivity index is 1.80.